The highest BCUT2D eigenvalue weighted by molar-refractivity contribution is 5.66. The number of nitrogens with one attached hydrogen (secondary N) is 1. The van der Waals surface area contributed by atoms with Crippen molar-refractivity contribution >= 4 is 5.97 Å². The summed E-state index contributed by atoms with van der Waals surface area (Å²) in [4.78, 5) is 12.8. The van der Waals surface area contributed by atoms with E-state index in [4.69, 9.17) is 5.11 Å². The molecular formula is C11H22N2O2. The molecule has 15 heavy (non-hydrogen) atoms. The Kier molecular flexibility index (Phi) is 5.05. The molecule has 1 rings (SSSR count). The van der Waals surface area contributed by atoms with Gasteiger partial charge in [0.1, 0.15) is 0 Å². The van der Waals surface area contributed by atoms with E-state index in [1.807, 2.05) is 0 Å². The van der Waals surface area contributed by atoms with E-state index in [1.54, 1.807) is 0 Å². The van der Waals surface area contributed by atoms with Gasteiger partial charge in [-0.25, -0.2) is 0 Å². The summed E-state index contributed by atoms with van der Waals surface area (Å²) in [6, 6.07) is 0.937. The number of nitrogens with zero attached hydrogens (tertiary/aromatic N) is 1. The fraction of sp³-hybridized carbons (Fsp3) is 0.909. The number of rotatable bonds is 6. The summed E-state index contributed by atoms with van der Waals surface area (Å²) in [5.74, 6) is -0.707. The van der Waals surface area contributed by atoms with Crippen LogP contribution in [0.25, 0.3) is 0 Å². The maximum atomic E-state index is 10.4. The van der Waals surface area contributed by atoms with E-state index < -0.39 is 5.97 Å². The smallest absolute Gasteiger partial charge is 0.303 e. The molecule has 2 unspecified atom stereocenters. The van der Waals surface area contributed by atoms with Gasteiger partial charge in [0.25, 0.3) is 0 Å². The standard InChI is InChI=1S/C11H22N2O2/c1-9(5-6-11(14)15)12-8-10-4-3-7-13(10)2/h9-10,12H,3-8H2,1-2H3,(H,14,15). The summed E-state index contributed by atoms with van der Waals surface area (Å²) in [7, 11) is 2.15. The molecule has 0 aromatic rings. The Morgan fingerprint density at radius 1 is 1.67 bits per heavy atom. The van der Waals surface area contributed by atoms with E-state index >= 15 is 0 Å². The molecule has 4 nitrogen and oxygen atoms in total. The molecular weight excluding hydrogens is 192 g/mol. The van der Waals surface area contributed by atoms with E-state index in [-0.39, 0.29) is 6.42 Å². The van der Waals surface area contributed by atoms with Gasteiger partial charge in [-0.15, -0.1) is 0 Å². The van der Waals surface area contributed by atoms with Crippen LogP contribution in [0.3, 0.4) is 0 Å². The van der Waals surface area contributed by atoms with Crippen molar-refractivity contribution in [3.8, 4) is 0 Å². The number of likely N-dealkylation sites (tertiary alicyclic amines) is 1. The van der Waals surface area contributed by atoms with E-state index in [0.29, 0.717) is 18.5 Å². The largest absolute Gasteiger partial charge is 0.481 e. The number of carboxylic acid groups (broad SMARTS) is 1. The van der Waals surface area contributed by atoms with Gasteiger partial charge in [-0.1, -0.05) is 0 Å². The van der Waals surface area contributed by atoms with Gasteiger partial charge in [-0.3, -0.25) is 4.79 Å². The Morgan fingerprint density at radius 2 is 2.40 bits per heavy atom. The molecule has 88 valence electrons. The Labute approximate surface area is 91.6 Å². The second-order valence-corrected chi connectivity index (χ2v) is 4.52. The fourth-order valence-corrected chi connectivity index (χ4v) is 2.02. The first-order chi connectivity index (χ1) is 7.09. The summed E-state index contributed by atoms with van der Waals surface area (Å²) >= 11 is 0. The van der Waals surface area contributed by atoms with Gasteiger partial charge in [0, 0.05) is 25.0 Å². The SMILES string of the molecule is CC(CCC(=O)O)NCC1CCCN1C. The quantitative estimate of drug-likeness (QED) is 0.690. The minimum absolute atomic E-state index is 0.259. The van der Waals surface area contributed by atoms with Crippen molar-refractivity contribution in [2.45, 2.75) is 44.7 Å². The number of hydrogen-bond acceptors (Lipinski definition) is 3. The van der Waals surface area contributed by atoms with Crippen LogP contribution in [0, 0.1) is 0 Å². The zero-order valence-electron chi connectivity index (χ0n) is 9.70. The number of hydrogen-bond donors (Lipinski definition) is 2. The monoisotopic (exact) mass is 214 g/mol. The number of carboxylic acids is 1. The van der Waals surface area contributed by atoms with Crippen LogP contribution in [-0.2, 0) is 4.79 Å². The van der Waals surface area contributed by atoms with Crippen LogP contribution in [0.5, 0.6) is 0 Å². The van der Waals surface area contributed by atoms with Gasteiger partial charge < -0.3 is 15.3 Å². The van der Waals surface area contributed by atoms with Crippen molar-refractivity contribution in [3.05, 3.63) is 0 Å². The summed E-state index contributed by atoms with van der Waals surface area (Å²) in [6.45, 7) is 4.23. The van der Waals surface area contributed by atoms with Crippen molar-refractivity contribution < 1.29 is 9.90 Å². The van der Waals surface area contributed by atoms with Crippen LogP contribution >= 0.6 is 0 Å². The van der Waals surface area contributed by atoms with Crippen LogP contribution < -0.4 is 5.32 Å². The lowest BCUT2D eigenvalue weighted by Crippen LogP contribution is -2.39. The van der Waals surface area contributed by atoms with Gasteiger partial charge in [0.2, 0.25) is 0 Å². The van der Waals surface area contributed by atoms with Crippen LogP contribution in [-0.4, -0.2) is 48.2 Å². The summed E-state index contributed by atoms with van der Waals surface area (Å²) < 4.78 is 0. The number of aliphatic carboxylic acids is 1. The molecule has 0 aromatic heterocycles. The lowest BCUT2D eigenvalue weighted by Gasteiger charge is -2.22. The van der Waals surface area contributed by atoms with E-state index in [9.17, 15) is 4.79 Å². The highest BCUT2D eigenvalue weighted by atomic mass is 16.4. The van der Waals surface area contributed by atoms with Crippen molar-refractivity contribution in [1.29, 1.82) is 0 Å². The second kappa shape index (κ2) is 6.08. The van der Waals surface area contributed by atoms with Crippen molar-refractivity contribution in [2.24, 2.45) is 0 Å². The molecule has 1 fully saturated rings. The van der Waals surface area contributed by atoms with Crippen molar-refractivity contribution in [2.75, 3.05) is 20.1 Å². The predicted molar refractivity (Wildman–Crippen MR) is 60.0 cm³/mol. The Bertz CT molecular complexity index is 209. The van der Waals surface area contributed by atoms with Crippen molar-refractivity contribution in [1.82, 2.24) is 10.2 Å². The van der Waals surface area contributed by atoms with E-state index in [2.05, 4.69) is 24.2 Å². The Balaban J connectivity index is 2.10. The molecule has 1 aliphatic rings. The summed E-state index contributed by atoms with van der Waals surface area (Å²) in [6.07, 6.45) is 3.52. The van der Waals surface area contributed by atoms with Crippen LogP contribution in [0.4, 0.5) is 0 Å². The first-order valence-corrected chi connectivity index (χ1v) is 5.75. The first kappa shape index (κ1) is 12.5. The maximum Gasteiger partial charge on any atom is 0.303 e. The lowest BCUT2D eigenvalue weighted by atomic mass is 10.1. The minimum atomic E-state index is -0.707. The van der Waals surface area contributed by atoms with Crippen LogP contribution in [0.15, 0.2) is 0 Å². The van der Waals surface area contributed by atoms with Gasteiger partial charge >= 0.3 is 5.97 Å². The summed E-state index contributed by atoms with van der Waals surface area (Å²) in [5.41, 5.74) is 0. The molecule has 0 aromatic carbocycles. The normalized spacial score (nSPS) is 24.3. The molecule has 0 amide bonds. The third-order valence-electron chi connectivity index (χ3n) is 3.16. The third kappa shape index (κ3) is 4.62. The van der Waals surface area contributed by atoms with Crippen molar-refractivity contribution in [3.63, 3.8) is 0 Å². The molecule has 0 aliphatic carbocycles. The molecule has 2 N–H and O–H groups in total. The first-order valence-electron chi connectivity index (χ1n) is 5.75. The molecule has 1 saturated heterocycles. The molecule has 0 saturated carbocycles. The maximum absolute atomic E-state index is 10.4. The molecule has 0 bridgehead atoms. The lowest BCUT2D eigenvalue weighted by molar-refractivity contribution is -0.137. The molecule has 2 atom stereocenters. The topological polar surface area (TPSA) is 52.6 Å². The van der Waals surface area contributed by atoms with Gasteiger partial charge in [-0.2, -0.15) is 0 Å². The zero-order chi connectivity index (χ0) is 11.3. The average molecular weight is 214 g/mol. The van der Waals surface area contributed by atoms with E-state index in [0.717, 1.165) is 6.54 Å². The zero-order valence-corrected chi connectivity index (χ0v) is 9.70. The van der Waals surface area contributed by atoms with Crippen LogP contribution in [0.2, 0.25) is 0 Å². The molecule has 1 aliphatic heterocycles. The third-order valence-corrected chi connectivity index (χ3v) is 3.16. The average Bonchev–Trinajstić information content (AvgIpc) is 2.58. The van der Waals surface area contributed by atoms with Crippen LogP contribution in [0.1, 0.15) is 32.6 Å². The molecule has 0 radical (unpaired) electrons. The Hall–Kier alpha value is -0.610. The van der Waals surface area contributed by atoms with Gasteiger partial charge in [-0.05, 0) is 39.8 Å². The second-order valence-electron chi connectivity index (χ2n) is 4.52. The van der Waals surface area contributed by atoms with Gasteiger partial charge in [0.05, 0.1) is 0 Å². The predicted octanol–water partition coefficient (Wildman–Crippen LogP) is 0.924. The summed E-state index contributed by atoms with van der Waals surface area (Å²) in [5, 5.41) is 12.0. The fourth-order valence-electron chi connectivity index (χ4n) is 2.02. The Morgan fingerprint density at radius 3 is 2.93 bits per heavy atom. The minimum Gasteiger partial charge on any atom is -0.481 e. The number of carbonyl (C=O) groups is 1. The molecule has 1 heterocycles. The van der Waals surface area contributed by atoms with Gasteiger partial charge in [0.15, 0.2) is 0 Å². The molecule has 4 heteroatoms. The number of likely N-dealkylation sites (N-methyl/N-ethyl adjacent to an activating group) is 1. The highest BCUT2D eigenvalue weighted by Gasteiger charge is 2.20. The highest BCUT2D eigenvalue weighted by Crippen LogP contribution is 2.13. The van der Waals surface area contributed by atoms with E-state index in [1.165, 1.54) is 19.4 Å². The molecule has 0 spiro atoms.